The van der Waals surface area contributed by atoms with Crippen molar-refractivity contribution in [3.63, 3.8) is 0 Å². The number of nitrogens with zero attached hydrogens (tertiary/aromatic N) is 3. The van der Waals surface area contributed by atoms with Crippen molar-refractivity contribution in [3.8, 4) is 0 Å². The Hall–Kier alpha value is -3.20. The maximum absolute atomic E-state index is 12.9. The van der Waals surface area contributed by atoms with E-state index in [9.17, 15) is 13.2 Å². The summed E-state index contributed by atoms with van der Waals surface area (Å²) < 4.78 is 28.4. The number of hydrogen-bond donors (Lipinski definition) is 2. The molecule has 0 atom stereocenters. The van der Waals surface area contributed by atoms with Gasteiger partial charge in [-0.3, -0.25) is 9.52 Å². The van der Waals surface area contributed by atoms with Crippen molar-refractivity contribution in [2.75, 3.05) is 29.8 Å². The Bertz CT molecular complexity index is 1160. The van der Waals surface area contributed by atoms with Gasteiger partial charge in [0.15, 0.2) is 11.6 Å². The van der Waals surface area contributed by atoms with Crippen LogP contribution >= 0.6 is 0 Å². The van der Waals surface area contributed by atoms with Crippen LogP contribution in [0.4, 0.5) is 11.6 Å². The average Bonchev–Trinajstić information content (AvgIpc) is 2.78. The number of amides is 1. The number of hydrogen-bond acceptors (Lipinski definition) is 6. The van der Waals surface area contributed by atoms with Gasteiger partial charge >= 0.3 is 0 Å². The minimum atomic E-state index is -3.81. The van der Waals surface area contributed by atoms with E-state index in [0.29, 0.717) is 42.8 Å². The zero-order valence-electron chi connectivity index (χ0n) is 16.6. The van der Waals surface area contributed by atoms with E-state index in [1.54, 1.807) is 31.3 Å². The first-order chi connectivity index (χ1) is 14.5. The van der Waals surface area contributed by atoms with E-state index in [-0.39, 0.29) is 22.5 Å². The molecule has 8 nitrogen and oxygen atoms in total. The first-order valence-corrected chi connectivity index (χ1v) is 11.3. The monoisotopic (exact) mass is 425 g/mol. The molecule has 3 aromatic rings. The Morgan fingerprint density at radius 3 is 2.20 bits per heavy atom. The number of nitrogens with one attached hydrogen (secondary N) is 2. The van der Waals surface area contributed by atoms with E-state index in [2.05, 4.69) is 15.0 Å². The highest BCUT2D eigenvalue weighted by Crippen LogP contribution is 2.30. The number of carbonyl (C=O) groups excluding carboxylic acids is 1. The molecular weight excluding hydrogens is 402 g/mol. The van der Waals surface area contributed by atoms with Crippen LogP contribution < -0.4 is 14.9 Å². The summed E-state index contributed by atoms with van der Waals surface area (Å²) in [6, 6.07) is 15.5. The number of anilines is 2. The van der Waals surface area contributed by atoms with E-state index >= 15 is 0 Å². The van der Waals surface area contributed by atoms with Gasteiger partial charge in [0.05, 0.1) is 15.9 Å². The Morgan fingerprint density at radius 1 is 0.967 bits per heavy atom. The third-order valence-corrected chi connectivity index (χ3v) is 6.60. The molecule has 9 heteroatoms. The number of rotatable bonds is 5. The second-order valence-electron chi connectivity index (χ2n) is 7.18. The summed E-state index contributed by atoms with van der Waals surface area (Å²) in [5.41, 5.74) is 1.29. The lowest BCUT2D eigenvalue weighted by molar-refractivity contribution is -0.125. The third-order valence-electron chi connectivity index (χ3n) is 5.25. The van der Waals surface area contributed by atoms with Crippen LogP contribution in [-0.4, -0.2) is 44.4 Å². The lowest BCUT2D eigenvalue weighted by Crippen LogP contribution is -2.40. The second kappa shape index (κ2) is 8.27. The van der Waals surface area contributed by atoms with Crippen LogP contribution in [0.5, 0.6) is 0 Å². The molecule has 0 saturated carbocycles. The summed E-state index contributed by atoms with van der Waals surface area (Å²) in [5, 5.41) is 2.70. The first kappa shape index (κ1) is 20.1. The van der Waals surface area contributed by atoms with Gasteiger partial charge in [0.25, 0.3) is 10.0 Å². The summed E-state index contributed by atoms with van der Waals surface area (Å²) in [6.45, 7) is 1.18. The average molecular weight is 426 g/mol. The highest BCUT2D eigenvalue weighted by molar-refractivity contribution is 7.92. The smallest absolute Gasteiger partial charge is 0.263 e. The number of para-hydroxylation sites is 2. The summed E-state index contributed by atoms with van der Waals surface area (Å²) in [4.78, 5) is 23.4. The van der Waals surface area contributed by atoms with Crippen molar-refractivity contribution in [2.24, 2.45) is 5.92 Å². The van der Waals surface area contributed by atoms with Crippen LogP contribution in [0.3, 0.4) is 0 Å². The highest BCUT2D eigenvalue weighted by atomic mass is 32.2. The fourth-order valence-corrected chi connectivity index (χ4v) is 4.65. The number of benzene rings is 2. The van der Waals surface area contributed by atoms with Crippen LogP contribution in [-0.2, 0) is 14.8 Å². The summed E-state index contributed by atoms with van der Waals surface area (Å²) >= 11 is 0. The zero-order valence-corrected chi connectivity index (χ0v) is 17.4. The minimum Gasteiger partial charge on any atom is -0.359 e. The van der Waals surface area contributed by atoms with Crippen molar-refractivity contribution in [2.45, 2.75) is 17.7 Å². The van der Waals surface area contributed by atoms with Crippen LogP contribution in [0.25, 0.3) is 11.0 Å². The summed E-state index contributed by atoms with van der Waals surface area (Å²) in [6.07, 6.45) is 1.33. The first-order valence-electron chi connectivity index (χ1n) is 9.79. The van der Waals surface area contributed by atoms with Crippen molar-refractivity contribution >= 4 is 38.6 Å². The largest absolute Gasteiger partial charge is 0.359 e. The second-order valence-corrected chi connectivity index (χ2v) is 8.86. The molecule has 4 rings (SSSR count). The van der Waals surface area contributed by atoms with Gasteiger partial charge in [0.2, 0.25) is 5.91 Å². The predicted molar refractivity (Wildman–Crippen MR) is 116 cm³/mol. The topological polar surface area (TPSA) is 104 Å². The van der Waals surface area contributed by atoms with Gasteiger partial charge in [-0.2, -0.15) is 0 Å². The van der Waals surface area contributed by atoms with E-state index in [1.165, 1.54) is 12.1 Å². The maximum atomic E-state index is 12.9. The van der Waals surface area contributed by atoms with Crippen molar-refractivity contribution in [1.82, 2.24) is 15.3 Å². The highest BCUT2D eigenvalue weighted by Gasteiger charge is 2.28. The van der Waals surface area contributed by atoms with Gasteiger partial charge in [-0.15, -0.1) is 0 Å². The molecule has 1 amide bonds. The molecular formula is C21H23N5O3S. The summed E-state index contributed by atoms with van der Waals surface area (Å²) in [7, 11) is -2.18. The van der Waals surface area contributed by atoms with E-state index in [4.69, 9.17) is 4.98 Å². The lowest BCUT2D eigenvalue weighted by atomic mass is 9.96. The van der Waals surface area contributed by atoms with E-state index in [1.807, 2.05) is 23.1 Å². The molecule has 1 saturated heterocycles. The number of carbonyl (C=O) groups is 1. The molecule has 1 fully saturated rings. The van der Waals surface area contributed by atoms with Crippen molar-refractivity contribution < 1.29 is 13.2 Å². The molecule has 156 valence electrons. The van der Waals surface area contributed by atoms with E-state index in [0.717, 1.165) is 0 Å². The molecule has 0 bridgehead atoms. The normalized spacial score (nSPS) is 15.2. The standard InChI is InChI=1S/C21H23N5O3S/c1-22-21(27)15-11-13-26(14-12-15)20-19(23-17-9-5-6-10-18(17)24-20)25-30(28,29)16-7-3-2-4-8-16/h2-10,15H,11-14H2,1H3,(H,22,27)(H,23,25). The molecule has 2 N–H and O–H groups in total. The van der Waals surface area contributed by atoms with Crippen LogP contribution in [0.15, 0.2) is 59.5 Å². The van der Waals surface area contributed by atoms with Crippen molar-refractivity contribution in [3.05, 3.63) is 54.6 Å². The molecule has 0 unspecified atom stereocenters. The van der Waals surface area contributed by atoms with Gasteiger partial charge in [0, 0.05) is 26.1 Å². The molecule has 1 aromatic heterocycles. The Kier molecular flexibility index (Phi) is 5.54. The molecule has 1 aliphatic rings. The predicted octanol–water partition coefficient (Wildman–Crippen LogP) is 2.39. The lowest BCUT2D eigenvalue weighted by Gasteiger charge is -2.32. The summed E-state index contributed by atoms with van der Waals surface area (Å²) in [5.74, 6) is 0.646. The molecule has 30 heavy (non-hydrogen) atoms. The Morgan fingerprint density at radius 2 is 1.57 bits per heavy atom. The zero-order chi connectivity index (χ0) is 21.1. The number of piperidine rings is 1. The van der Waals surface area contributed by atoms with Crippen LogP contribution in [0.1, 0.15) is 12.8 Å². The number of fused-ring (bicyclic) bond motifs is 1. The Balaban J connectivity index is 1.69. The van der Waals surface area contributed by atoms with Crippen LogP contribution in [0, 0.1) is 5.92 Å². The molecule has 0 spiro atoms. The number of sulfonamides is 1. The van der Waals surface area contributed by atoms with Crippen LogP contribution in [0.2, 0.25) is 0 Å². The molecule has 0 aliphatic carbocycles. The molecule has 1 aliphatic heterocycles. The maximum Gasteiger partial charge on any atom is 0.263 e. The Labute approximate surface area is 175 Å². The van der Waals surface area contributed by atoms with Gasteiger partial charge in [-0.05, 0) is 37.1 Å². The van der Waals surface area contributed by atoms with Gasteiger partial charge in [-0.25, -0.2) is 18.4 Å². The molecule has 0 radical (unpaired) electrons. The molecule has 2 heterocycles. The fourth-order valence-electron chi connectivity index (χ4n) is 3.62. The van der Waals surface area contributed by atoms with E-state index < -0.39 is 10.0 Å². The quantitative estimate of drug-likeness (QED) is 0.650. The van der Waals surface area contributed by atoms with Gasteiger partial charge in [0.1, 0.15) is 0 Å². The SMILES string of the molecule is CNC(=O)C1CCN(c2nc3ccccc3nc2NS(=O)(=O)c2ccccc2)CC1. The molecule has 2 aromatic carbocycles. The van der Waals surface area contributed by atoms with Crippen molar-refractivity contribution in [1.29, 1.82) is 0 Å². The number of aromatic nitrogens is 2. The van der Waals surface area contributed by atoms with Gasteiger partial charge < -0.3 is 10.2 Å². The third kappa shape index (κ3) is 4.06. The minimum absolute atomic E-state index is 0.0317. The fraction of sp³-hybridized carbons (Fsp3) is 0.286. The van der Waals surface area contributed by atoms with Gasteiger partial charge in [-0.1, -0.05) is 30.3 Å².